The molecule has 1 N–H and O–H groups in total. The minimum Gasteiger partial charge on any atom is -0.229 e. The van der Waals surface area contributed by atoms with E-state index in [0.717, 1.165) is 0 Å². The zero-order valence-corrected chi connectivity index (χ0v) is 12.3. The van der Waals surface area contributed by atoms with E-state index in [1.54, 1.807) is 0 Å². The van der Waals surface area contributed by atoms with Gasteiger partial charge in [0, 0.05) is 19.4 Å². The SMILES string of the molecule is CN1C(c2ccccc2)C(c2ccccc2)=[NH+]C1(C)C. The molecule has 1 unspecified atom stereocenters. The summed E-state index contributed by atoms with van der Waals surface area (Å²) >= 11 is 0. The van der Waals surface area contributed by atoms with E-state index in [4.69, 9.17) is 0 Å². The third-order valence-corrected chi connectivity index (χ3v) is 4.18. The number of likely N-dealkylation sites (N-methyl/N-ethyl adjacent to an activating group) is 1. The molecule has 2 heteroatoms. The molecular weight excluding hydrogens is 244 g/mol. The van der Waals surface area contributed by atoms with Crippen molar-refractivity contribution in [3.05, 3.63) is 71.8 Å². The Morgan fingerprint density at radius 1 is 0.900 bits per heavy atom. The minimum absolute atomic E-state index is 0.0499. The van der Waals surface area contributed by atoms with Crippen molar-refractivity contribution < 1.29 is 4.99 Å². The van der Waals surface area contributed by atoms with E-state index < -0.39 is 0 Å². The number of hydrogen-bond donors (Lipinski definition) is 1. The highest BCUT2D eigenvalue weighted by Gasteiger charge is 2.46. The average Bonchev–Trinajstić information content (AvgIpc) is 2.72. The Labute approximate surface area is 120 Å². The summed E-state index contributed by atoms with van der Waals surface area (Å²) in [5, 5.41) is 0. The summed E-state index contributed by atoms with van der Waals surface area (Å²) < 4.78 is 0. The van der Waals surface area contributed by atoms with Crippen LogP contribution in [0.3, 0.4) is 0 Å². The summed E-state index contributed by atoms with van der Waals surface area (Å²) in [6, 6.07) is 21.6. The van der Waals surface area contributed by atoms with E-state index in [1.165, 1.54) is 16.8 Å². The van der Waals surface area contributed by atoms with E-state index in [9.17, 15) is 0 Å². The maximum Gasteiger partial charge on any atom is 0.212 e. The second-order valence-corrected chi connectivity index (χ2v) is 5.89. The van der Waals surface area contributed by atoms with Gasteiger partial charge in [-0.25, -0.2) is 9.89 Å². The molecule has 0 amide bonds. The topological polar surface area (TPSA) is 17.2 Å². The maximum absolute atomic E-state index is 3.69. The van der Waals surface area contributed by atoms with Gasteiger partial charge in [-0.05, 0) is 24.7 Å². The molecule has 0 saturated carbocycles. The van der Waals surface area contributed by atoms with Crippen LogP contribution in [0.1, 0.15) is 31.0 Å². The molecule has 20 heavy (non-hydrogen) atoms. The van der Waals surface area contributed by atoms with Gasteiger partial charge in [-0.3, -0.25) is 0 Å². The van der Waals surface area contributed by atoms with Crippen molar-refractivity contribution in [2.75, 3.05) is 7.05 Å². The number of rotatable bonds is 2. The van der Waals surface area contributed by atoms with Crippen LogP contribution in [0.2, 0.25) is 0 Å². The normalized spacial score (nSPS) is 21.8. The fraction of sp³-hybridized carbons (Fsp3) is 0.278. The van der Waals surface area contributed by atoms with Gasteiger partial charge in [-0.2, -0.15) is 0 Å². The van der Waals surface area contributed by atoms with E-state index in [2.05, 4.69) is 91.5 Å². The molecule has 2 aromatic carbocycles. The predicted octanol–water partition coefficient (Wildman–Crippen LogP) is 1.98. The number of nitrogens with zero attached hydrogens (tertiary/aromatic N) is 1. The quantitative estimate of drug-likeness (QED) is 0.879. The second-order valence-electron chi connectivity index (χ2n) is 5.89. The van der Waals surface area contributed by atoms with Crippen molar-refractivity contribution in [1.29, 1.82) is 0 Å². The molecule has 1 heterocycles. The first-order valence-electron chi connectivity index (χ1n) is 7.08. The van der Waals surface area contributed by atoms with Gasteiger partial charge in [0.25, 0.3) is 0 Å². The Morgan fingerprint density at radius 3 is 2.05 bits per heavy atom. The zero-order chi connectivity index (χ0) is 14.2. The summed E-state index contributed by atoms with van der Waals surface area (Å²) in [6.45, 7) is 4.44. The van der Waals surface area contributed by atoms with Crippen LogP contribution in [0.4, 0.5) is 0 Å². The molecule has 2 aromatic rings. The van der Waals surface area contributed by atoms with Gasteiger partial charge in [0.05, 0.1) is 0 Å². The van der Waals surface area contributed by atoms with Crippen LogP contribution in [-0.2, 0) is 0 Å². The summed E-state index contributed by atoms with van der Waals surface area (Å²) in [6.07, 6.45) is 0. The van der Waals surface area contributed by atoms with E-state index in [-0.39, 0.29) is 11.7 Å². The fourth-order valence-electron chi connectivity index (χ4n) is 2.88. The van der Waals surface area contributed by atoms with Crippen LogP contribution in [0.15, 0.2) is 60.7 Å². The zero-order valence-electron chi connectivity index (χ0n) is 12.3. The summed E-state index contributed by atoms with van der Waals surface area (Å²) in [4.78, 5) is 6.08. The van der Waals surface area contributed by atoms with Gasteiger partial charge < -0.3 is 0 Å². The van der Waals surface area contributed by atoms with Crippen molar-refractivity contribution in [1.82, 2.24) is 4.90 Å². The lowest BCUT2D eigenvalue weighted by molar-refractivity contribution is -0.560. The maximum atomic E-state index is 3.69. The van der Waals surface area contributed by atoms with Gasteiger partial charge >= 0.3 is 0 Å². The molecule has 1 atom stereocenters. The lowest BCUT2D eigenvalue weighted by Crippen LogP contribution is -2.84. The van der Waals surface area contributed by atoms with Gasteiger partial charge in [0.2, 0.25) is 11.4 Å². The van der Waals surface area contributed by atoms with Crippen molar-refractivity contribution in [3.8, 4) is 0 Å². The first kappa shape index (κ1) is 13.1. The monoisotopic (exact) mass is 265 g/mol. The van der Waals surface area contributed by atoms with Gasteiger partial charge in [0.15, 0.2) is 0 Å². The van der Waals surface area contributed by atoms with Crippen LogP contribution in [0, 0.1) is 0 Å². The van der Waals surface area contributed by atoms with Crippen molar-refractivity contribution in [2.45, 2.75) is 25.6 Å². The second kappa shape index (κ2) is 4.88. The highest BCUT2D eigenvalue weighted by Crippen LogP contribution is 2.29. The first-order valence-corrected chi connectivity index (χ1v) is 7.08. The van der Waals surface area contributed by atoms with Gasteiger partial charge in [0.1, 0.15) is 6.04 Å². The standard InChI is InChI=1S/C18H20N2/c1-18(2)19-16(14-10-6-4-7-11-14)17(20(18)3)15-12-8-5-9-13-15/h4-13,17H,1-3H3/p+1. The lowest BCUT2D eigenvalue weighted by Gasteiger charge is -2.25. The highest BCUT2D eigenvalue weighted by atomic mass is 15.3. The largest absolute Gasteiger partial charge is 0.229 e. The van der Waals surface area contributed by atoms with Crippen LogP contribution in [0.25, 0.3) is 0 Å². The van der Waals surface area contributed by atoms with Crippen molar-refractivity contribution in [2.24, 2.45) is 0 Å². The van der Waals surface area contributed by atoms with E-state index >= 15 is 0 Å². The molecule has 0 fully saturated rings. The van der Waals surface area contributed by atoms with Crippen molar-refractivity contribution in [3.63, 3.8) is 0 Å². The third kappa shape index (κ3) is 2.16. The predicted molar refractivity (Wildman–Crippen MR) is 82.5 cm³/mol. The Hall–Kier alpha value is -1.93. The lowest BCUT2D eigenvalue weighted by atomic mass is 9.96. The molecule has 3 rings (SSSR count). The van der Waals surface area contributed by atoms with Gasteiger partial charge in [-0.15, -0.1) is 0 Å². The average molecular weight is 265 g/mol. The van der Waals surface area contributed by atoms with Gasteiger partial charge in [-0.1, -0.05) is 48.5 Å². The Morgan fingerprint density at radius 2 is 1.45 bits per heavy atom. The summed E-state index contributed by atoms with van der Waals surface area (Å²) in [5.74, 6) is 0. The number of hydrogen-bond acceptors (Lipinski definition) is 1. The van der Waals surface area contributed by atoms with Crippen LogP contribution < -0.4 is 4.99 Å². The Balaban J connectivity index is 2.10. The molecule has 0 spiro atoms. The van der Waals surface area contributed by atoms with Crippen LogP contribution in [0.5, 0.6) is 0 Å². The van der Waals surface area contributed by atoms with Crippen LogP contribution >= 0.6 is 0 Å². The fourth-order valence-corrected chi connectivity index (χ4v) is 2.88. The third-order valence-electron chi connectivity index (χ3n) is 4.18. The van der Waals surface area contributed by atoms with Crippen molar-refractivity contribution >= 4 is 5.71 Å². The van der Waals surface area contributed by atoms with E-state index in [1.807, 2.05) is 0 Å². The smallest absolute Gasteiger partial charge is 0.212 e. The molecule has 0 aromatic heterocycles. The molecule has 0 radical (unpaired) electrons. The minimum atomic E-state index is -0.0499. The van der Waals surface area contributed by atoms with Crippen LogP contribution in [-0.4, -0.2) is 23.3 Å². The molecular formula is C18H21N2+. The Kier molecular flexibility index (Phi) is 3.19. The molecule has 0 saturated heterocycles. The summed E-state index contributed by atoms with van der Waals surface area (Å²) in [7, 11) is 2.18. The molecule has 0 aliphatic carbocycles. The molecule has 1 aliphatic heterocycles. The molecule has 1 aliphatic rings. The summed E-state index contributed by atoms with van der Waals surface area (Å²) in [5.41, 5.74) is 3.82. The Bertz CT molecular complexity index is 614. The van der Waals surface area contributed by atoms with E-state index in [0.29, 0.717) is 0 Å². The molecule has 0 bridgehead atoms. The highest BCUT2D eigenvalue weighted by molar-refractivity contribution is 6.01. The first-order chi connectivity index (χ1) is 9.59. The molecule has 102 valence electrons. The number of benzene rings is 2. The molecule has 2 nitrogen and oxygen atoms in total. The number of nitrogens with one attached hydrogen (secondary N) is 1.